The van der Waals surface area contributed by atoms with E-state index in [9.17, 15) is 8.42 Å². The fourth-order valence-corrected chi connectivity index (χ4v) is 5.78. The zero-order chi connectivity index (χ0) is 20.5. The number of H-pyrrole nitrogens is 1. The smallest absolute Gasteiger partial charge is 0.246 e. The van der Waals surface area contributed by atoms with Crippen LogP contribution in [-0.4, -0.2) is 55.8 Å². The maximum atomic E-state index is 13.1. The van der Waals surface area contributed by atoms with Gasteiger partial charge in [-0.15, -0.1) is 0 Å². The third kappa shape index (κ3) is 3.91. The Balaban J connectivity index is 1.79. The van der Waals surface area contributed by atoms with Crippen molar-refractivity contribution < 1.29 is 17.9 Å². The predicted molar refractivity (Wildman–Crippen MR) is 108 cm³/mol. The van der Waals surface area contributed by atoms with Gasteiger partial charge in [-0.3, -0.25) is 5.10 Å². The van der Waals surface area contributed by atoms with E-state index in [-0.39, 0.29) is 4.90 Å². The van der Waals surface area contributed by atoms with Crippen molar-refractivity contribution in [3.8, 4) is 5.75 Å². The number of aromatic nitrogens is 2. The molecular formula is C19H26ClN3O4S. The number of nitrogens with one attached hydrogen (secondary N) is 1. The zero-order valence-electron chi connectivity index (χ0n) is 16.6. The van der Waals surface area contributed by atoms with Gasteiger partial charge in [-0.25, -0.2) is 8.42 Å². The van der Waals surface area contributed by atoms with Gasteiger partial charge in [-0.05, 0) is 44.4 Å². The highest BCUT2D eigenvalue weighted by atomic mass is 35.5. The van der Waals surface area contributed by atoms with Crippen LogP contribution in [0, 0.1) is 13.8 Å². The molecule has 1 aliphatic heterocycles. The summed E-state index contributed by atoms with van der Waals surface area (Å²) in [6.45, 7) is 4.20. The molecule has 9 heteroatoms. The summed E-state index contributed by atoms with van der Waals surface area (Å²) in [6, 6.07) is 5.54. The Morgan fingerprint density at radius 3 is 2.46 bits per heavy atom. The molecule has 0 atom stereocenters. The van der Waals surface area contributed by atoms with Gasteiger partial charge in [0, 0.05) is 31.6 Å². The number of aryl methyl sites for hydroxylation is 2. The van der Waals surface area contributed by atoms with E-state index in [1.54, 1.807) is 34.1 Å². The van der Waals surface area contributed by atoms with Crippen LogP contribution in [0.4, 0.5) is 0 Å². The van der Waals surface area contributed by atoms with Gasteiger partial charge in [-0.2, -0.15) is 9.40 Å². The van der Waals surface area contributed by atoms with Crippen molar-refractivity contribution in [1.29, 1.82) is 0 Å². The third-order valence-electron chi connectivity index (χ3n) is 5.49. The van der Waals surface area contributed by atoms with Crippen LogP contribution in [-0.2, 0) is 21.2 Å². The third-order valence-corrected chi connectivity index (χ3v) is 7.88. The second-order valence-corrected chi connectivity index (χ2v) is 9.50. The molecule has 1 aromatic carbocycles. The quantitative estimate of drug-likeness (QED) is 0.765. The Hall–Kier alpha value is -1.61. The lowest BCUT2D eigenvalue weighted by atomic mass is 9.85. The minimum absolute atomic E-state index is 0.275. The van der Waals surface area contributed by atoms with Crippen molar-refractivity contribution in [2.45, 2.75) is 43.6 Å². The minimum atomic E-state index is -3.59. The molecule has 0 radical (unpaired) electrons. The first kappa shape index (κ1) is 21.1. The second kappa shape index (κ2) is 8.02. The Labute approximate surface area is 171 Å². The average molecular weight is 428 g/mol. The molecule has 28 heavy (non-hydrogen) atoms. The normalized spacial score (nSPS) is 17.6. The molecule has 7 nitrogen and oxygen atoms in total. The molecule has 1 fully saturated rings. The Morgan fingerprint density at radius 2 is 1.93 bits per heavy atom. The van der Waals surface area contributed by atoms with E-state index in [1.807, 2.05) is 12.1 Å². The number of hydrogen-bond acceptors (Lipinski definition) is 5. The van der Waals surface area contributed by atoms with Crippen LogP contribution in [0.25, 0.3) is 0 Å². The Morgan fingerprint density at radius 1 is 1.25 bits per heavy atom. The van der Waals surface area contributed by atoms with Gasteiger partial charge >= 0.3 is 0 Å². The Kier molecular flexibility index (Phi) is 6.05. The van der Waals surface area contributed by atoms with Gasteiger partial charge in [0.1, 0.15) is 10.6 Å². The van der Waals surface area contributed by atoms with Crippen molar-refractivity contribution in [2.75, 3.05) is 27.3 Å². The standard InChI is InChI=1S/C19H26ClN3O4S/c1-13-18(14(2)22-21-13)28(24,25)23-9-7-19(27-4,8-10-23)12-15-5-6-16(20)11-17(15)26-3/h5-6,11H,7-10,12H2,1-4H3,(H,21,22). The fourth-order valence-electron chi connectivity index (χ4n) is 3.85. The van der Waals surface area contributed by atoms with Crippen LogP contribution in [0.3, 0.4) is 0 Å². The first-order valence-electron chi connectivity index (χ1n) is 9.12. The molecule has 0 spiro atoms. The molecule has 0 amide bonds. The number of aromatic amines is 1. The minimum Gasteiger partial charge on any atom is -0.496 e. The lowest BCUT2D eigenvalue weighted by molar-refractivity contribution is -0.0450. The van der Waals surface area contributed by atoms with Gasteiger partial charge in [0.2, 0.25) is 10.0 Å². The van der Waals surface area contributed by atoms with E-state index in [1.165, 1.54) is 4.31 Å². The SMILES string of the molecule is COc1cc(Cl)ccc1CC1(OC)CCN(S(=O)(=O)c2c(C)n[nH]c2C)CC1. The molecule has 0 aliphatic carbocycles. The lowest BCUT2D eigenvalue weighted by Crippen LogP contribution is -2.48. The van der Waals surface area contributed by atoms with E-state index in [4.69, 9.17) is 21.1 Å². The average Bonchev–Trinajstić information content (AvgIpc) is 3.02. The van der Waals surface area contributed by atoms with E-state index in [2.05, 4.69) is 10.2 Å². The van der Waals surface area contributed by atoms with Gasteiger partial charge in [-0.1, -0.05) is 17.7 Å². The van der Waals surface area contributed by atoms with Crippen LogP contribution in [0.1, 0.15) is 29.8 Å². The Bertz CT molecular complexity index is 931. The number of sulfonamides is 1. The summed E-state index contributed by atoms with van der Waals surface area (Å²) >= 11 is 6.06. The van der Waals surface area contributed by atoms with Gasteiger partial charge < -0.3 is 9.47 Å². The molecule has 0 saturated carbocycles. The lowest BCUT2D eigenvalue weighted by Gasteiger charge is -2.40. The summed E-state index contributed by atoms with van der Waals surface area (Å²) in [6.07, 6.45) is 1.80. The fraction of sp³-hybridized carbons (Fsp3) is 0.526. The topological polar surface area (TPSA) is 84.5 Å². The maximum Gasteiger partial charge on any atom is 0.246 e. The van der Waals surface area contributed by atoms with Crippen molar-refractivity contribution in [1.82, 2.24) is 14.5 Å². The first-order valence-corrected chi connectivity index (χ1v) is 10.9. The highest BCUT2D eigenvalue weighted by Gasteiger charge is 2.40. The predicted octanol–water partition coefficient (Wildman–Crippen LogP) is 3.10. The van der Waals surface area contributed by atoms with Gasteiger partial charge in [0.25, 0.3) is 0 Å². The highest BCUT2D eigenvalue weighted by molar-refractivity contribution is 7.89. The van der Waals surface area contributed by atoms with E-state index in [0.29, 0.717) is 54.5 Å². The van der Waals surface area contributed by atoms with Crippen molar-refractivity contribution in [2.24, 2.45) is 0 Å². The van der Waals surface area contributed by atoms with Crippen LogP contribution < -0.4 is 4.74 Å². The monoisotopic (exact) mass is 427 g/mol. The summed E-state index contributed by atoms with van der Waals surface area (Å²) in [7, 11) is -0.300. The molecule has 2 aromatic rings. The van der Waals surface area contributed by atoms with E-state index < -0.39 is 15.6 Å². The second-order valence-electron chi connectivity index (χ2n) is 7.19. The number of halogens is 1. The summed E-state index contributed by atoms with van der Waals surface area (Å²) in [4.78, 5) is 0.275. The van der Waals surface area contributed by atoms with E-state index >= 15 is 0 Å². The van der Waals surface area contributed by atoms with Crippen molar-refractivity contribution in [3.05, 3.63) is 40.2 Å². The molecule has 0 bridgehead atoms. The van der Waals surface area contributed by atoms with Gasteiger partial charge in [0.05, 0.1) is 24.1 Å². The number of ether oxygens (including phenoxy) is 2. The van der Waals surface area contributed by atoms with Crippen LogP contribution in [0.2, 0.25) is 5.02 Å². The summed E-state index contributed by atoms with van der Waals surface area (Å²) < 4.78 is 39.0. The number of methoxy groups -OCH3 is 2. The van der Waals surface area contributed by atoms with Gasteiger partial charge in [0.15, 0.2) is 0 Å². The summed E-state index contributed by atoms with van der Waals surface area (Å²) in [5, 5.41) is 7.39. The molecule has 3 rings (SSSR count). The molecule has 2 heterocycles. The summed E-state index contributed by atoms with van der Waals surface area (Å²) in [5.74, 6) is 0.712. The van der Waals surface area contributed by atoms with Crippen LogP contribution in [0.15, 0.2) is 23.1 Å². The molecule has 1 saturated heterocycles. The highest BCUT2D eigenvalue weighted by Crippen LogP contribution is 2.36. The molecule has 1 aliphatic rings. The number of piperidine rings is 1. The maximum absolute atomic E-state index is 13.1. The molecule has 0 unspecified atom stereocenters. The van der Waals surface area contributed by atoms with Crippen molar-refractivity contribution in [3.63, 3.8) is 0 Å². The van der Waals surface area contributed by atoms with E-state index in [0.717, 1.165) is 5.56 Å². The number of rotatable bonds is 6. The number of nitrogens with zero attached hydrogens (tertiary/aromatic N) is 2. The molecule has 1 N–H and O–H groups in total. The van der Waals surface area contributed by atoms with Crippen LogP contribution >= 0.6 is 11.6 Å². The first-order chi connectivity index (χ1) is 13.2. The van der Waals surface area contributed by atoms with Crippen molar-refractivity contribution >= 4 is 21.6 Å². The molecular weight excluding hydrogens is 402 g/mol. The largest absolute Gasteiger partial charge is 0.496 e. The number of hydrogen-bond donors (Lipinski definition) is 1. The molecule has 1 aromatic heterocycles. The van der Waals surface area contributed by atoms with Crippen LogP contribution in [0.5, 0.6) is 5.75 Å². The number of benzene rings is 1. The molecule has 154 valence electrons. The zero-order valence-corrected chi connectivity index (χ0v) is 18.2. The summed E-state index contributed by atoms with van der Waals surface area (Å²) in [5.41, 5.74) is 1.60.